The van der Waals surface area contributed by atoms with E-state index in [1.165, 1.54) is 0 Å². The molecule has 3 aromatic carbocycles. The molecule has 10 nitrogen and oxygen atoms in total. The van der Waals surface area contributed by atoms with Crippen LogP contribution in [0.25, 0.3) is 0 Å². The highest BCUT2D eigenvalue weighted by molar-refractivity contribution is 9.10. The third-order valence-electron chi connectivity index (χ3n) is 12.4. The predicted octanol–water partition coefficient (Wildman–Crippen LogP) is 8.86. The average molecular weight is 840 g/mol. The van der Waals surface area contributed by atoms with Crippen LogP contribution in [0.1, 0.15) is 102 Å². The van der Waals surface area contributed by atoms with Crippen LogP contribution in [0.4, 0.5) is 5.69 Å². The molecule has 302 valence electrons. The van der Waals surface area contributed by atoms with Gasteiger partial charge in [-0.15, -0.1) is 0 Å². The summed E-state index contributed by atoms with van der Waals surface area (Å²) in [5.74, 6) is -1.11. The standard InChI is InChI=1S/C46H55BrN4O6/c1-8-27(4)22-49-38-32(23-48-21-26(2)3)41(55-24-28-15-11-9-12-16-28)35-31(37(38)47)19-30-20-33-39(51(6)7)42-36(44(54)46(33,5)43(53)34(30)40(35)52)45(50-57-42)56-25-29-17-13-10-14-18-29/h9-18,26-27,30,33-34,39,48-49H,8,19-25H2,1-7H3. The number of carbonyl (C=O) groups excluding carboxylic acids is 3. The van der Waals surface area contributed by atoms with Crippen molar-refractivity contribution in [3.05, 3.63) is 104 Å². The van der Waals surface area contributed by atoms with Gasteiger partial charge in [0.15, 0.2) is 23.1 Å². The molecule has 1 fully saturated rings. The minimum atomic E-state index is -1.52. The van der Waals surface area contributed by atoms with E-state index < -0.39 is 29.1 Å². The number of Topliss-reactive ketones (excluding diaryl/α,β-unsaturated/α-hetero) is 3. The molecular weight excluding hydrogens is 784 g/mol. The molecule has 0 bridgehead atoms. The van der Waals surface area contributed by atoms with Crippen molar-refractivity contribution in [3.8, 4) is 11.6 Å². The fourth-order valence-corrected chi connectivity index (χ4v) is 9.79. The molecule has 1 aromatic heterocycles. The first-order valence-corrected chi connectivity index (χ1v) is 21.1. The lowest BCUT2D eigenvalue weighted by atomic mass is 9.50. The highest BCUT2D eigenvalue weighted by atomic mass is 79.9. The molecule has 1 heterocycles. The van der Waals surface area contributed by atoms with E-state index in [0.29, 0.717) is 48.3 Å². The van der Waals surface area contributed by atoms with E-state index in [0.717, 1.165) is 51.9 Å². The summed E-state index contributed by atoms with van der Waals surface area (Å²) in [5.41, 5.74) is 3.54. The summed E-state index contributed by atoms with van der Waals surface area (Å²) >= 11 is 4.00. The Morgan fingerprint density at radius 3 is 2.21 bits per heavy atom. The minimum Gasteiger partial charge on any atom is -0.488 e. The van der Waals surface area contributed by atoms with E-state index in [4.69, 9.17) is 14.0 Å². The van der Waals surface area contributed by atoms with Crippen molar-refractivity contribution in [2.75, 3.05) is 32.5 Å². The Bertz CT molecular complexity index is 2120. The number of rotatable bonds is 15. The first kappa shape index (κ1) is 40.9. The van der Waals surface area contributed by atoms with Crippen LogP contribution in [-0.2, 0) is 31.0 Å². The van der Waals surface area contributed by atoms with Gasteiger partial charge in [-0.1, -0.05) is 94.8 Å². The second kappa shape index (κ2) is 16.9. The largest absolute Gasteiger partial charge is 0.488 e. The highest BCUT2D eigenvalue weighted by Gasteiger charge is 2.65. The summed E-state index contributed by atoms with van der Waals surface area (Å²) in [7, 11) is 3.85. The lowest BCUT2D eigenvalue weighted by Crippen LogP contribution is -2.60. The van der Waals surface area contributed by atoms with Gasteiger partial charge < -0.3 is 24.6 Å². The van der Waals surface area contributed by atoms with Crippen molar-refractivity contribution in [2.24, 2.45) is 35.0 Å². The molecule has 0 radical (unpaired) electrons. The topological polar surface area (TPSA) is 123 Å². The van der Waals surface area contributed by atoms with Gasteiger partial charge >= 0.3 is 0 Å². The van der Waals surface area contributed by atoms with Crippen LogP contribution in [0.5, 0.6) is 11.6 Å². The Morgan fingerprint density at radius 2 is 1.60 bits per heavy atom. The number of nitrogens with zero attached hydrogens (tertiary/aromatic N) is 2. The molecule has 4 aromatic rings. The van der Waals surface area contributed by atoms with E-state index in [2.05, 4.69) is 59.4 Å². The number of hydrogen-bond acceptors (Lipinski definition) is 10. The number of ether oxygens (including phenoxy) is 2. The summed E-state index contributed by atoms with van der Waals surface area (Å²) in [5, 5.41) is 11.6. The first-order valence-electron chi connectivity index (χ1n) is 20.3. The van der Waals surface area contributed by atoms with Gasteiger partial charge in [-0.25, -0.2) is 0 Å². The molecule has 3 aliphatic rings. The maximum atomic E-state index is 15.3. The number of anilines is 1. The Hall–Kier alpha value is -4.32. The van der Waals surface area contributed by atoms with Crippen molar-refractivity contribution in [2.45, 2.75) is 79.7 Å². The molecule has 11 heteroatoms. The van der Waals surface area contributed by atoms with Crippen molar-refractivity contribution in [3.63, 3.8) is 0 Å². The maximum Gasteiger partial charge on any atom is 0.265 e. The molecule has 57 heavy (non-hydrogen) atoms. The number of ketones is 3. The quantitative estimate of drug-likeness (QED) is 0.112. The number of carbonyl (C=O) groups is 3. The van der Waals surface area contributed by atoms with Gasteiger partial charge in [0.1, 0.15) is 24.5 Å². The molecule has 0 saturated heterocycles. The average Bonchev–Trinajstić information content (AvgIpc) is 3.62. The predicted molar refractivity (Wildman–Crippen MR) is 224 cm³/mol. The zero-order valence-corrected chi connectivity index (χ0v) is 35.7. The molecule has 2 N–H and O–H groups in total. The van der Waals surface area contributed by atoms with Crippen LogP contribution < -0.4 is 20.1 Å². The maximum absolute atomic E-state index is 15.3. The van der Waals surface area contributed by atoms with Gasteiger partial charge in [0.05, 0.1) is 28.6 Å². The molecule has 3 aliphatic carbocycles. The summed E-state index contributed by atoms with van der Waals surface area (Å²) in [4.78, 5) is 47.5. The fourth-order valence-electron chi connectivity index (χ4n) is 9.05. The fraction of sp³-hybridized carbons (Fsp3) is 0.478. The summed E-state index contributed by atoms with van der Waals surface area (Å²) in [6.07, 6.45) is 1.94. The highest BCUT2D eigenvalue weighted by Crippen LogP contribution is 2.60. The Balaban J connectivity index is 1.32. The van der Waals surface area contributed by atoms with Crippen molar-refractivity contribution < 1.29 is 28.4 Å². The number of aromatic nitrogens is 1. The Kier molecular flexibility index (Phi) is 12.1. The van der Waals surface area contributed by atoms with Crippen LogP contribution in [0, 0.1) is 35.0 Å². The van der Waals surface area contributed by atoms with E-state index in [1.54, 1.807) is 6.92 Å². The molecule has 0 spiro atoms. The molecule has 0 amide bonds. The molecule has 7 rings (SSSR count). The van der Waals surface area contributed by atoms with E-state index in [9.17, 15) is 4.79 Å². The van der Waals surface area contributed by atoms with Crippen LogP contribution in [0.3, 0.4) is 0 Å². The molecule has 6 unspecified atom stereocenters. The van der Waals surface area contributed by atoms with Gasteiger partial charge in [-0.3, -0.25) is 19.3 Å². The van der Waals surface area contributed by atoms with Crippen LogP contribution in [-0.4, -0.2) is 54.6 Å². The number of benzene rings is 3. The van der Waals surface area contributed by atoms with Gasteiger partial charge in [0, 0.05) is 29.0 Å². The molecule has 1 saturated carbocycles. The lowest BCUT2D eigenvalue weighted by Gasteiger charge is -2.52. The van der Waals surface area contributed by atoms with Gasteiger partial charge in [0.25, 0.3) is 5.88 Å². The second-order valence-corrected chi connectivity index (χ2v) is 17.8. The second-order valence-electron chi connectivity index (χ2n) is 17.0. The van der Waals surface area contributed by atoms with Crippen LogP contribution in [0.2, 0.25) is 0 Å². The molecular formula is C46H55BrN4O6. The van der Waals surface area contributed by atoms with Gasteiger partial charge in [-0.2, -0.15) is 0 Å². The third-order valence-corrected chi connectivity index (χ3v) is 13.2. The van der Waals surface area contributed by atoms with E-state index in [1.807, 2.05) is 79.7 Å². The van der Waals surface area contributed by atoms with Crippen LogP contribution in [0.15, 0.2) is 69.7 Å². The van der Waals surface area contributed by atoms with E-state index in [-0.39, 0.29) is 42.1 Å². The smallest absolute Gasteiger partial charge is 0.265 e. The Morgan fingerprint density at radius 1 is 0.947 bits per heavy atom. The van der Waals surface area contributed by atoms with Crippen molar-refractivity contribution in [1.82, 2.24) is 15.4 Å². The normalized spacial score (nSPS) is 23.2. The zero-order chi connectivity index (χ0) is 40.6. The minimum absolute atomic E-state index is 0.0668. The third kappa shape index (κ3) is 7.58. The molecule has 6 atom stereocenters. The van der Waals surface area contributed by atoms with Gasteiger partial charge in [0.2, 0.25) is 0 Å². The SMILES string of the molecule is CCC(C)CNc1c(Br)c2c(c(OCc3ccccc3)c1CNCC(C)C)C(=O)C1C(=O)C3(C)C(=O)c4c(OCc5ccccc5)noc4C(N(C)C)C3CC1C2. The van der Waals surface area contributed by atoms with Crippen molar-refractivity contribution in [1.29, 1.82) is 0 Å². The number of fused-ring (bicyclic) bond motifs is 4. The van der Waals surface area contributed by atoms with E-state index >= 15 is 9.59 Å². The van der Waals surface area contributed by atoms with Gasteiger partial charge in [-0.05, 0) is 95.9 Å². The summed E-state index contributed by atoms with van der Waals surface area (Å²) < 4.78 is 19.6. The summed E-state index contributed by atoms with van der Waals surface area (Å²) in [6, 6.07) is 19.1. The first-order chi connectivity index (χ1) is 27.4. The van der Waals surface area contributed by atoms with Crippen molar-refractivity contribution >= 4 is 39.0 Å². The Labute approximate surface area is 344 Å². The number of halogens is 1. The lowest BCUT2D eigenvalue weighted by molar-refractivity contribution is -0.140. The molecule has 0 aliphatic heterocycles. The summed E-state index contributed by atoms with van der Waals surface area (Å²) in [6.45, 7) is 12.8. The monoisotopic (exact) mass is 838 g/mol. The number of hydrogen-bond donors (Lipinski definition) is 2. The zero-order valence-electron chi connectivity index (χ0n) is 34.1. The number of nitrogens with one attached hydrogen (secondary N) is 2. The van der Waals surface area contributed by atoms with Crippen LogP contribution >= 0.6 is 15.9 Å².